The lowest BCUT2D eigenvalue weighted by molar-refractivity contribution is -0.170. The summed E-state index contributed by atoms with van der Waals surface area (Å²) in [6, 6.07) is 0. The van der Waals surface area contributed by atoms with Gasteiger partial charge in [0.1, 0.15) is 0 Å². The van der Waals surface area contributed by atoms with Gasteiger partial charge in [-0.3, -0.25) is 0 Å². The van der Waals surface area contributed by atoms with Gasteiger partial charge in [0, 0.05) is 6.61 Å². The molecule has 0 aromatic rings. The molecule has 0 amide bonds. The molecule has 0 spiro atoms. The highest BCUT2D eigenvalue weighted by Gasteiger charge is 2.21. The summed E-state index contributed by atoms with van der Waals surface area (Å²) in [7, 11) is 0. The average molecular weight is 212 g/mol. The average Bonchev–Trinajstić information content (AvgIpc) is 2.30. The Bertz CT molecular complexity index is 167. The van der Waals surface area contributed by atoms with Gasteiger partial charge in [0.05, 0.1) is 6.61 Å². The summed E-state index contributed by atoms with van der Waals surface area (Å²) in [5.41, 5.74) is 0. The standard InChI is InChI=1S/C13H24O2/c1-11-5-7-12(8-6-11)10-15-13-4-2-3-9-14-13/h11-13H,2-10H2,1H3. The number of ether oxygens (including phenoxy) is 2. The van der Waals surface area contributed by atoms with Crippen LogP contribution in [0.15, 0.2) is 0 Å². The van der Waals surface area contributed by atoms with Gasteiger partial charge >= 0.3 is 0 Å². The molecule has 1 aliphatic carbocycles. The van der Waals surface area contributed by atoms with Gasteiger partial charge in [0.25, 0.3) is 0 Å². The maximum atomic E-state index is 5.84. The van der Waals surface area contributed by atoms with Crippen molar-refractivity contribution in [2.24, 2.45) is 11.8 Å². The first-order chi connectivity index (χ1) is 7.34. The molecule has 0 radical (unpaired) electrons. The lowest BCUT2D eigenvalue weighted by Crippen LogP contribution is -2.26. The molecular formula is C13H24O2. The van der Waals surface area contributed by atoms with E-state index < -0.39 is 0 Å². The Labute approximate surface area is 93.3 Å². The van der Waals surface area contributed by atoms with Crippen LogP contribution in [0.2, 0.25) is 0 Å². The van der Waals surface area contributed by atoms with E-state index in [2.05, 4.69) is 6.92 Å². The van der Waals surface area contributed by atoms with Crippen LogP contribution in [0.1, 0.15) is 51.9 Å². The van der Waals surface area contributed by atoms with Gasteiger partial charge in [-0.2, -0.15) is 0 Å². The fourth-order valence-electron chi connectivity index (χ4n) is 2.58. The largest absolute Gasteiger partial charge is 0.353 e. The summed E-state index contributed by atoms with van der Waals surface area (Å²) < 4.78 is 11.4. The van der Waals surface area contributed by atoms with Crippen molar-refractivity contribution in [3.05, 3.63) is 0 Å². The summed E-state index contributed by atoms with van der Waals surface area (Å²) in [5.74, 6) is 1.74. The minimum atomic E-state index is 0.109. The van der Waals surface area contributed by atoms with Crippen LogP contribution in [0.5, 0.6) is 0 Å². The molecule has 88 valence electrons. The van der Waals surface area contributed by atoms with E-state index in [0.29, 0.717) is 0 Å². The Hall–Kier alpha value is -0.0800. The van der Waals surface area contributed by atoms with E-state index in [4.69, 9.17) is 9.47 Å². The molecule has 0 aromatic heterocycles. The fourth-order valence-corrected chi connectivity index (χ4v) is 2.58. The fraction of sp³-hybridized carbons (Fsp3) is 1.00. The monoisotopic (exact) mass is 212 g/mol. The molecule has 1 heterocycles. The molecule has 1 saturated heterocycles. The normalized spacial score (nSPS) is 37.8. The van der Waals surface area contributed by atoms with Gasteiger partial charge in [-0.05, 0) is 43.9 Å². The SMILES string of the molecule is CC1CCC(COC2CCCCO2)CC1. The first kappa shape index (κ1) is 11.4. The summed E-state index contributed by atoms with van der Waals surface area (Å²) in [6.45, 7) is 4.19. The van der Waals surface area contributed by atoms with Crippen molar-refractivity contribution in [1.29, 1.82) is 0 Å². The highest BCUT2D eigenvalue weighted by molar-refractivity contribution is 4.70. The molecule has 2 fully saturated rings. The van der Waals surface area contributed by atoms with Crippen LogP contribution in [-0.4, -0.2) is 19.5 Å². The lowest BCUT2D eigenvalue weighted by atomic mass is 9.83. The first-order valence-electron chi connectivity index (χ1n) is 6.58. The van der Waals surface area contributed by atoms with E-state index >= 15 is 0 Å². The summed E-state index contributed by atoms with van der Waals surface area (Å²) >= 11 is 0. The van der Waals surface area contributed by atoms with Gasteiger partial charge in [0.2, 0.25) is 0 Å². The Morgan fingerprint density at radius 3 is 2.53 bits per heavy atom. The quantitative estimate of drug-likeness (QED) is 0.714. The van der Waals surface area contributed by atoms with Crippen molar-refractivity contribution < 1.29 is 9.47 Å². The summed E-state index contributed by atoms with van der Waals surface area (Å²) in [5, 5.41) is 0. The van der Waals surface area contributed by atoms with Crippen molar-refractivity contribution in [3.8, 4) is 0 Å². The minimum Gasteiger partial charge on any atom is -0.353 e. The second kappa shape index (κ2) is 5.86. The van der Waals surface area contributed by atoms with Crippen molar-refractivity contribution in [2.45, 2.75) is 58.2 Å². The van der Waals surface area contributed by atoms with Crippen molar-refractivity contribution >= 4 is 0 Å². The number of hydrogen-bond donors (Lipinski definition) is 0. The maximum Gasteiger partial charge on any atom is 0.157 e. The molecule has 2 heteroatoms. The molecule has 2 nitrogen and oxygen atoms in total. The number of hydrogen-bond acceptors (Lipinski definition) is 2. The summed E-state index contributed by atoms with van der Waals surface area (Å²) in [4.78, 5) is 0. The molecule has 0 aromatic carbocycles. The minimum absolute atomic E-state index is 0.109. The zero-order valence-corrected chi connectivity index (χ0v) is 9.91. The Balaban J connectivity index is 1.60. The topological polar surface area (TPSA) is 18.5 Å². The molecule has 1 aliphatic heterocycles. The van der Waals surface area contributed by atoms with Crippen LogP contribution in [0, 0.1) is 11.8 Å². The smallest absolute Gasteiger partial charge is 0.157 e. The predicted molar refractivity (Wildman–Crippen MR) is 60.7 cm³/mol. The van der Waals surface area contributed by atoms with Crippen LogP contribution in [0.4, 0.5) is 0 Å². The molecule has 0 N–H and O–H groups in total. The first-order valence-corrected chi connectivity index (χ1v) is 6.58. The van der Waals surface area contributed by atoms with Gasteiger partial charge in [0.15, 0.2) is 6.29 Å². The van der Waals surface area contributed by atoms with Gasteiger partial charge < -0.3 is 9.47 Å². The molecule has 1 saturated carbocycles. The third-order valence-corrected chi connectivity index (χ3v) is 3.79. The zero-order chi connectivity index (χ0) is 10.5. The Morgan fingerprint density at radius 1 is 1.07 bits per heavy atom. The Morgan fingerprint density at radius 2 is 1.87 bits per heavy atom. The third kappa shape index (κ3) is 3.76. The zero-order valence-electron chi connectivity index (χ0n) is 9.91. The number of rotatable bonds is 3. The van der Waals surface area contributed by atoms with Crippen LogP contribution in [0.25, 0.3) is 0 Å². The molecule has 2 rings (SSSR count). The van der Waals surface area contributed by atoms with Crippen LogP contribution >= 0.6 is 0 Å². The van der Waals surface area contributed by atoms with Gasteiger partial charge in [-0.15, -0.1) is 0 Å². The van der Waals surface area contributed by atoms with Crippen molar-refractivity contribution in [2.75, 3.05) is 13.2 Å². The third-order valence-electron chi connectivity index (χ3n) is 3.79. The molecule has 1 atom stereocenters. The maximum absolute atomic E-state index is 5.84. The van der Waals surface area contributed by atoms with Gasteiger partial charge in [-0.1, -0.05) is 19.8 Å². The molecule has 0 bridgehead atoms. The van der Waals surface area contributed by atoms with E-state index in [-0.39, 0.29) is 6.29 Å². The highest BCUT2D eigenvalue weighted by atomic mass is 16.7. The summed E-state index contributed by atoms with van der Waals surface area (Å²) in [6.07, 6.45) is 9.18. The lowest BCUT2D eigenvalue weighted by Gasteiger charge is -2.29. The van der Waals surface area contributed by atoms with Gasteiger partial charge in [-0.25, -0.2) is 0 Å². The van der Waals surface area contributed by atoms with E-state index in [1.54, 1.807) is 0 Å². The van der Waals surface area contributed by atoms with Crippen molar-refractivity contribution in [3.63, 3.8) is 0 Å². The second-order valence-electron chi connectivity index (χ2n) is 5.26. The second-order valence-corrected chi connectivity index (χ2v) is 5.26. The van der Waals surface area contributed by atoms with Crippen LogP contribution in [0.3, 0.4) is 0 Å². The van der Waals surface area contributed by atoms with E-state index in [0.717, 1.165) is 31.5 Å². The van der Waals surface area contributed by atoms with E-state index in [1.165, 1.54) is 38.5 Å². The van der Waals surface area contributed by atoms with Crippen molar-refractivity contribution in [1.82, 2.24) is 0 Å². The molecule has 2 aliphatic rings. The molecular weight excluding hydrogens is 188 g/mol. The van der Waals surface area contributed by atoms with E-state index in [1.807, 2.05) is 0 Å². The molecule has 1 unspecified atom stereocenters. The Kier molecular flexibility index (Phi) is 4.45. The molecule has 15 heavy (non-hydrogen) atoms. The van der Waals surface area contributed by atoms with Crippen LogP contribution in [-0.2, 0) is 9.47 Å². The highest BCUT2D eigenvalue weighted by Crippen LogP contribution is 2.29. The van der Waals surface area contributed by atoms with Crippen LogP contribution < -0.4 is 0 Å². The van der Waals surface area contributed by atoms with E-state index in [9.17, 15) is 0 Å². The predicted octanol–water partition coefficient (Wildman–Crippen LogP) is 3.36.